The Morgan fingerprint density at radius 2 is 1.79 bits per heavy atom. The number of halogens is 3. The van der Waals surface area contributed by atoms with Crippen LogP contribution in [0.3, 0.4) is 0 Å². The molecular formula is C23H21F3N4O2S. The van der Waals surface area contributed by atoms with Gasteiger partial charge in [-0.3, -0.25) is 9.69 Å². The first-order valence-electron chi connectivity index (χ1n) is 10.2. The van der Waals surface area contributed by atoms with Crippen LogP contribution in [0.5, 0.6) is 0 Å². The van der Waals surface area contributed by atoms with Crippen LogP contribution in [0.15, 0.2) is 54.6 Å². The van der Waals surface area contributed by atoms with Crippen molar-refractivity contribution in [2.24, 2.45) is 0 Å². The highest BCUT2D eigenvalue weighted by Gasteiger charge is 2.36. The van der Waals surface area contributed by atoms with Crippen molar-refractivity contribution in [1.82, 2.24) is 15.2 Å². The van der Waals surface area contributed by atoms with Crippen LogP contribution in [0.4, 0.5) is 23.1 Å². The summed E-state index contributed by atoms with van der Waals surface area (Å²) in [5.74, 6) is -0.289. The van der Waals surface area contributed by atoms with Gasteiger partial charge in [0.15, 0.2) is 5.13 Å². The number of aromatic nitrogens is 1. The van der Waals surface area contributed by atoms with Crippen LogP contribution in [-0.2, 0) is 19.3 Å². The normalized spacial score (nSPS) is 14.1. The number of nitrogens with zero attached hydrogens (tertiary/aromatic N) is 3. The second-order valence-corrected chi connectivity index (χ2v) is 8.57. The average molecular weight is 475 g/mol. The predicted octanol–water partition coefficient (Wildman–Crippen LogP) is 4.84. The lowest BCUT2D eigenvalue weighted by Crippen LogP contribution is -2.32. The number of urea groups is 1. The minimum Gasteiger partial charge on any atom is -0.347 e. The zero-order valence-corrected chi connectivity index (χ0v) is 18.5. The maximum atomic E-state index is 13.3. The highest BCUT2D eigenvalue weighted by Crippen LogP contribution is 2.34. The summed E-state index contributed by atoms with van der Waals surface area (Å²) in [6, 6.07) is 14.3. The highest BCUT2D eigenvalue weighted by molar-refractivity contribution is 7.17. The number of aryl methyl sites for hydroxylation is 1. The molecule has 3 amide bonds. The predicted molar refractivity (Wildman–Crippen MR) is 119 cm³/mol. The van der Waals surface area contributed by atoms with Crippen molar-refractivity contribution in [3.05, 3.63) is 81.9 Å². The van der Waals surface area contributed by atoms with Crippen LogP contribution in [0.25, 0.3) is 0 Å². The zero-order valence-electron chi connectivity index (χ0n) is 17.7. The summed E-state index contributed by atoms with van der Waals surface area (Å²) >= 11 is 1.09. The van der Waals surface area contributed by atoms with Gasteiger partial charge in [0.2, 0.25) is 0 Å². The Balaban J connectivity index is 1.45. The van der Waals surface area contributed by atoms with E-state index in [1.165, 1.54) is 28.0 Å². The fourth-order valence-corrected chi connectivity index (χ4v) is 4.62. The standard InChI is InChI=1S/C23H21F3N4O2S/c1-15-19(20(31)27-13-16-7-3-2-4-8-16)33-21(28-15)30-12-11-29(22(30)32)14-17-9-5-6-10-18(17)23(24,25)26/h2-10H,11-14H2,1H3,(H,27,31). The van der Waals surface area contributed by atoms with E-state index in [0.29, 0.717) is 22.2 Å². The van der Waals surface area contributed by atoms with Gasteiger partial charge in [0.1, 0.15) is 4.88 Å². The first kappa shape index (κ1) is 22.8. The molecule has 1 aliphatic rings. The van der Waals surface area contributed by atoms with Crippen molar-refractivity contribution in [2.75, 3.05) is 18.0 Å². The van der Waals surface area contributed by atoms with E-state index >= 15 is 0 Å². The van der Waals surface area contributed by atoms with Crippen LogP contribution in [0.1, 0.15) is 32.1 Å². The van der Waals surface area contributed by atoms with Crippen LogP contribution in [0, 0.1) is 6.92 Å². The molecule has 0 spiro atoms. The molecule has 0 atom stereocenters. The van der Waals surface area contributed by atoms with Crippen LogP contribution in [-0.4, -0.2) is 34.9 Å². The number of hydrogen-bond donors (Lipinski definition) is 1. The first-order chi connectivity index (χ1) is 15.7. The van der Waals surface area contributed by atoms with Gasteiger partial charge in [-0.2, -0.15) is 13.2 Å². The molecule has 0 bridgehead atoms. The summed E-state index contributed by atoms with van der Waals surface area (Å²) in [6.07, 6.45) is -4.49. The number of carbonyl (C=O) groups excluding carboxylic acids is 2. The van der Waals surface area contributed by atoms with E-state index in [4.69, 9.17) is 0 Å². The van der Waals surface area contributed by atoms with Crippen molar-refractivity contribution in [3.8, 4) is 0 Å². The molecule has 0 saturated carbocycles. The third-order valence-corrected chi connectivity index (χ3v) is 6.48. The molecule has 1 fully saturated rings. The summed E-state index contributed by atoms with van der Waals surface area (Å²) < 4.78 is 39.9. The van der Waals surface area contributed by atoms with Crippen molar-refractivity contribution >= 4 is 28.4 Å². The van der Waals surface area contributed by atoms with Gasteiger partial charge in [-0.25, -0.2) is 9.78 Å². The van der Waals surface area contributed by atoms with E-state index in [0.717, 1.165) is 23.0 Å². The Labute approximate surface area is 192 Å². The van der Waals surface area contributed by atoms with E-state index in [9.17, 15) is 22.8 Å². The first-order valence-corrected chi connectivity index (χ1v) is 11.1. The summed E-state index contributed by atoms with van der Waals surface area (Å²) in [6.45, 7) is 2.45. The summed E-state index contributed by atoms with van der Waals surface area (Å²) in [5, 5.41) is 3.20. The van der Waals surface area contributed by atoms with E-state index in [-0.39, 0.29) is 31.1 Å². The molecule has 0 aliphatic carbocycles. The number of hydrogen-bond acceptors (Lipinski definition) is 4. The largest absolute Gasteiger partial charge is 0.416 e. The second-order valence-electron chi connectivity index (χ2n) is 7.59. The Morgan fingerprint density at radius 3 is 2.52 bits per heavy atom. The highest BCUT2D eigenvalue weighted by atomic mass is 32.1. The molecule has 1 aliphatic heterocycles. The third kappa shape index (κ3) is 5.00. The van der Waals surface area contributed by atoms with Crippen molar-refractivity contribution in [1.29, 1.82) is 0 Å². The van der Waals surface area contributed by atoms with Gasteiger partial charge in [0.25, 0.3) is 5.91 Å². The molecule has 2 heterocycles. The molecule has 2 aromatic carbocycles. The molecular weight excluding hydrogens is 453 g/mol. The lowest BCUT2D eigenvalue weighted by Gasteiger charge is -2.19. The fraction of sp³-hybridized carbons (Fsp3) is 0.261. The lowest BCUT2D eigenvalue weighted by atomic mass is 10.1. The maximum Gasteiger partial charge on any atom is 0.416 e. The van der Waals surface area contributed by atoms with Crippen molar-refractivity contribution in [2.45, 2.75) is 26.2 Å². The molecule has 1 N–H and O–H groups in total. The number of alkyl halides is 3. The molecule has 3 aromatic rings. The van der Waals surface area contributed by atoms with E-state index in [1.807, 2.05) is 30.3 Å². The van der Waals surface area contributed by atoms with E-state index in [2.05, 4.69) is 10.3 Å². The third-order valence-electron chi connectivity index (χ3n) is 5.30. The van der Waals surface area contributed by atoms with Gasteiger partial charge in [-0.15, -0.1) is 0 Å². The summed E-state index contributed by atoms with van der Waals surface area (Å²) in [4.78, 5) is 33.1. The van der Waals surface area contributed by atoms with E-state index < -0.39 is 17.8 Å². The number of anilines is 1. The molecule has 4 rings (SSSR count). The molecule has 1 saturated heterocycles. The quantitative estimate of drug-likeness (QED) is 0.556. The summed E-state index contributed by atoms with van der Waals surface area (Å²) in [5.41, 5.74) is 0.738. The smallest absolute Gasteiger partial charge is 0.347 e. The SMILES string of the molecule is Cc1nc(N2CCN(Cc3ccccc3C(F)(F)F)C2=O)sc1C(=O)NCc1ccccc1. The van der Waals surface area contributed by atoms with Gasteiger partial charge in [0, 0.05) is 26.2 Å². The van der Waals surface area contributed by atoms with Gasteiger partial charge in [-0.05, 0) is 24.1 Å². The molecule has 0 unspecified atom stereocenters. The number of nitrogens with one attached hydrogen (secondary N) is 1. The van der Waals surface area contributed by atoms with Crippen LogP contribution < -0.4 is 10.2 Å². The topological polar surface area (TPSA) is 65.5 Å². The van der Waals surface area contributed by atoms with E-state index in [1.54, 1.807) is 6.92 Å². The second kappa shape index (κ2) is 9.22. The number of benzene rings is 2. The minimum absolute atomic E-state index is 0.0384. The molecule has 10 heteroatoms. The van der Waals surface area contributed by atoms with Crippen LogP contribution in [0.2, 0.25) is 0 Å². The number of amides is 3. The van der Waals surface area contributed by atoms with Gasteiger partial charge in [0.05, 0.1) is 11.3 Å². The van der Waals surface area contributed by atoms with Gasteiger partial charge in [-0.1, -0.05) is 59.9 Å². The van der Waals surface area contributed by atoms with Gasteiger partial charge < -0.3 is 10.2 Å². The number of rotatable bonds is 6. The molecule has 6 nitrogen and oxygen atoms in total. The lowest BCUT2D eigenvalue weighted by molar-refractivity contribution is -0.138. The minimum atomic E-state index is -4.49. The monoisotopic (exact) mass is 474 g/mol. The Hall–Kier alpha value is -3.40. The molecule has 1 aromatic heterocycles. The Morgan fingerprint density at radius 1 is 1.09 bits per heavy atom. The number of carbonyl (C=O) groups is 2. The number of thiazole rings is 1. The zero-order chi connectivity index (χ0) is 23.6. The Kier molecular flexibility index (Phi) is 6.37. The maximum absolute atomic E-state index is 13.3. The molecule has 33 heavy (non-hydrogen) atoms. The Bertz CT molecular complexity index is 1160. The molecule has 172 valence electrons. The van der Waals surface area contributed by atoms with Gasteiger partial charge >= 0.3 is 12.2 Å². The van der Waals surface area contributed by atoms with Crippen molar-refractivity contribution in [3.63, 3.8) is 0 Å². The van der Waals surface area contributed by atoms with Crippen LogP contribution >= 0.6 is 11.3 Å². The summed E-state index contributed by atoms with van der Waals surface area (Å²) in [7, 11) is 0. The average Bonchev–Trinajstić information content (AvgIpc) is 3.35. The van der Waals surface area contributed by atoms with Crippen molar-refractivity contribution < 1.29 is 22.8 Å². The molecule has 0 radical (unpaired) electrons. The fourth-order valence-electron chi connectivity index (χ4n) is 3.61.